The number of nitrogens with zero attached hydrogens (tertiary/aromatic N) is 2. The number of ether oxygens (including phenoxy) is 1. The van der Waals surface area contributed by atoms with Crippen LogP contribution in [0.2, 0.25) is 0 Å². The van der Waals surface area contributed by atoms with E-state index in [1.807, 2.05) is 30.3 Å². The van der Waals surface area contributed by atoms with Gasteiger partial charge in [-0.1, -0.05) is 24.3 Å². The quantitative estimate of drug-likeness (QED) is 0.349. The summed E-state index contributed by atoms with van der Waals surface area (Å²) in [6, 6.07) is 24.3. The molecule has 2 heterocycles. The van der Waals surface area contributed by atoms with Crippen LogP contribution in [0.4, 0.5) is 0 Å². The van der Waals surface area contributed by atoms with Crippen LogP contribution in [0.5, 0.6) is 11.6 Å². The molecule has 0 unspecified atom stereocenters. The standard InChI is InChI=1S/C26H17N3O4/c30-23(24-28-21-8-1-2-9-22(21)29-24)16-10-12-19(13-11-16)33-25-20(7-4-14-27-25)17-5-3-6-18(15-17)26(31)32/h1-15H,(H,28,29)(H,31,32). The summed E-state index contributed by atoms with van der Waals surface area (Å²) < 4.78 is 5.96. The Balaban J connectivity index is 1.39. The summed E-state index contributed by atoms with van der Waals surface area (Å²) >= 11 is 0. The first kappa shape index (κ1) is 20.1. The number of fused-ring (bicyclic) bond motifs is 1. The van der Waals surface area contributed by atoms with Gasteiger partial charge in [0.2, 0.25) is 11.7 Å². The lowest BCUT2D eigenvalue weighted by Crippen LogP contribution is -2.03. The van der Waals surface area contributed by atoms with Gasteiger partial charge in [0.25, 0.3) is 0 Å². The van der Waals surface area contributed by atoms with E-state index in [9.17, 15) is 14.7 Å². The maximum atomic E-state index is 12.8. The number of imidazole rings is 1. The van der Waals surface area contributed by atoms with Crippen molar-refractivity contribution in [2.45, 2.75) is 0 Å². The number of aromatic carboxylic acids is 1. The SMILES string of the molecule is O=C(O)c1cccc(-c2cccnc2Oc2ccc(C(=O)c3nc4ccccc4[nH]3)cc2)c1. The lowest BCUT2D eigenvalue weighted by atomic mass is 10.0. The Morgan fingerprint density at radius 1 is 0.848 bits per heavy atom. The molecule has 0 aliphatic rings. The van der Waals surface area contributed by atoms with E-state index >= 15 is 0 Å². The van der Waals surface area contributed by atoms with Crippen LogP contribution in [-0.2, 0) is 0 Å². The summed E-state index contributed by atoms with van der Waals surface area (Å²) in [5.41, 5.74) is 3.51. The van der Waals surface area contributed by atoms with Gasteiger partial charge in [-0.05, 0) is 66.2 Å². The van der Waals surface area contributed by atoms with Gasteiger partial charge in [0.15, 0.2) is 5.82 Å². The molecule has 0 amide bonds. The van der Waals surface area contributed by atoms with Crippen LogP contribution in [0.3, 0.4) is 0 Å². The minimum absolute atomic E-state index is 0.177. The van der Waals surface area contributed by atoms with Crippen LogP contribution in [0, 0.1) is 0 Å². The third kappa shape index (κ3) is 4.07. The number of aromatic amines is 1. The number of carboxylic acids is 1. The van der Waals surface area contributed by atoms with Gasteiger partial charge < -0.3 is 14.8 Å². The minimum Gasteiger partial charge on any atom is -0.478 e. The number of para-hydroxylation sites is 2. The van der Waals surface area contributed by atoms with E-state index in [1.165, 1.54) is 6.07 Å². The first-order chi connectivity index (χ1) is 16.1. The van der Waals surface area contributed by atoms with Crippen LogP contribution in [0.15, 0.2) is 91.1 Å². The van der Waals surface area contributed by atoms with Crippen molar-refractivity contribution < 1.29 is 19.4 Å². The fraction of sp³-hybridized carbons (Fsp3) is 0. The van der Waals surface area contributed by atoms with E-state index in [0.29, 0.717) is 28.3 Å². The molecule has 0 spiro atoms. The summed E-state index contributed by atoms with van der Waals surface area (Å²) in [6.45, 7) is 0. The normalized spacial score (nSPS) is 10.8. The molecule has 0 radical (unpaired) electrons. The highest BCUT2D eigenvalue weighted by molar-refractivity contribution is 6.08. The summed E-state index contributed by atoms with van der Waals surface area (Å²) in [7, 11) is 0. The zero-order valence-corrected chi connectivity index (χ0v) is 17.2. The van der Waals surface area contributed by atoms with Crippen molar-refractivity contribution >= 4 is 22.8 Å². The number of carboxylic acid groups (broad SMARTS) is 1. The third-order valence-electron chi connectivity index (χ3n) is 5.13. The fourth-order valence-corrected chi connectivity index (χ4v) is 3.49. The van der Waals surface area contributed by atoms with Crippen LogP contribution >= 0.6 is 0 Å². The number of nitrogens with one attached hydrogen (secondary N) is 1. The number of hydrogen-bond donors (Lipinski definition) is 2. The molecular formula is C26H17N3O4. The maximum Gasteiger partial charge on any atom is 0.335 e. The highest BCUT2D eigenvalue weighted by atomic mass is 16.5. The largest absolute Gasteiger partial charge is 0.478 e. The second kappa shape index (κ2) is 8.39. The van der Waals surface area contributed by atoms with Crippen molar-refractivity contribution in [1.82, 2.24) is 15.0 Å². The zero-order chi connectivity index (χ0) is 22.8. The molecule has 3 aromatic carbocycles. The molecular weight excluding hydrogens is 418 g/mol. The monoisotopic (exact) mass is 435 g/mol. The first-order valence-corrected chi connectivity index (χ1v) is 10.1. The second-order valence-electron chi connectivity index (χ2n) is 7.30. The van der Waals surface area contributed by atoms with Gasteiger partial charge in [-0.25, -0.2) is 14.8 Å². The van der Waals surface area contributed by atoms with Gasteiger partial charge in [-0.3, -0.25) is 4.79 Å². The van der Waals surface area contributed by atoms with Gasteiger partial charge in [0.05, 0.1) is 16.6 Å². The lowest BCUT2D eigenvalue weighted by molar-refractivity contribution is 0.0696. The van der Waals surface area contributed by atoms with Gasteiger partial charge in [0.1, 0.15) is 5.75 Å². The van der Waals surface area contributed by atoms with Crippen molar-refractivity contribution in [3.05, 3.63) is 108 Å². The molecule has 0 fully saturated rings. The van der Waals surface area contributed by atoms with Gasteiger partial charge in [-0.2, -0.15) is 0 Å². The molecule has 7 heteroatoms. The molecule has 0 saturated heterocycles. The van der Waals surface area contributed by atoms with E-state index in [-0.39, 0.29) is 17.2 Å². The van der Waals surface area contributed by atoms with Gasteiger partial charge >= 0.3 is 5.97 Å². The van der Waals surface area contributed by atoms with Gasteiger partial charge in [0, 0.05) is 17.3 Å². The number of rotatable bonds is 6. The average Bonchev–Trinajstić information content (AvgIpc) is 3.29. The summed E-state index contributed by atoms with van der Waals surface area (Å²) in [6.07, 6.45) is 1.60. The van der Waals surface area contributed by atoms with Crippen LogP contribution in [0.25, 0.3) is 22.2 Å². The van der Waals surface area contributed by atoms with E-state index in [0.717, 1.165) is 11.0 Å². The molecule has 160 valence electrons. The Labute approximate surface area is 188 Å². The topological polar surface area (TPSA) is 105 Å². The van der Waals surface area contributed by atoms with Crippen LogP contribution < -0.4 is 4.74 Å². The number of H-pyrrole nitrogens is 1. The van der Waals surface area contributed by atoms with Crippen molar-refractivity contribution in [3.63, 3.8) is 0 Å². The number of ketones is 1. The number of hydrogen-bond acceptors (Lipinski definition) is 5. The number of carbonyl (C=O) groups excluding carboxylic acids is 1. The summed E-state index contributed by atoms with van der Waals surface area (Å²) in [5, 5.41) is 9.27. The average molecular weight is 435 g/mol. The Bertz CT molecular complexity index is 1460. The van der Waals surface area contributed by atoms with Crippen LogP contribution in [-0.4, -0.2) is 31.8 Å². The van der Waals surface area contributed by atoms with E-state index < -0.39 is 5.97 Å². The fourth-order valence-electron chi connectivity index (χ4n) is 3.49. The summed E-state index contributed by atoms with van der Waals surface area (Å²) in [4.78, 5) is 35.8. The van der Waals surface area contributed by atoms with Crippen molar-refractivity contribution in [2.75, 3.05) is 0 Å². The van der Waals surface area contributed by atoms with Gasteiger partial charge in [-0.15, -0.1) is 0 Å². The molecule has 7 nitrogen and oxygen atoms in total. The van der Waals surface area contributed by atoms with Crippen molar-refractivity contribution in [2.24, 2.45) is 0 Å². The number of aromatic nitrogens is 3. The third-order valence-corrected chi connectivity index (χ3v) is 5.13. The van der Waals surface area contributed by atoms with E-state index in [4.69, 9.17) is 4.74 Å². The summed E-state index contributed by atoms with van der Waals surface area (Å²) in [5.74, 6) is -0.133. The number of pyridine rings is 1. The molecule has 33 heavy (non-hydrogen) atoms. The maximum absolute atomic E-state index is 12.8. The molecule has 5 aromatic rings. The Morgan fingerprint density at radius 2 is 1.67 bits per heavy atom. The molecule has 2 aromatic heterocycles. The predicted molar refractivity (Wildman–Crippen MR) is 123 cm³/mol. The Kier molecular flexibility index (Phi) is 5.12. The highest BCUT2D eigenvalue weighted by Gasteiger charge is 2.15. The lowest BCUT2D eigenvalue weighted by Gasteiger charge is -2.11. The molecule has 0 aliphatic heterocycles. The predicted octanol–water partition coefficient (Wildman–Crippen LogP) is 5.35. The molecule has 0 saturated carbocycles. The second-order valence-corrected chi connectivity index (χ2v) is 7.30. The number of benzene rings is 3. The zero-order valence-electron chi connectivity index (χ0n) is 17.2. The van der Waals surface area contributed by atoms with Crippen LogP contribution in [0.1, 0.15) is 26.5 Å². The van der Waals surface area contributed by atoms with Crippen molar-refractivity contribution in [1.29, 1.82) is 0 Å². The molecule has 0 atom stereocenters. The minimum atomic E-state index is -1.01. The Morgan fingerprint density at radius 3 is 2.45 bits per heavy atom. The van der Waals surface area contributed by atoms with E-state index in [1.54, 1.807) is 54.7 Å². The first-order valence-electron chi connectivity index (χ1n) is 10.1. The molecule has 2 N–H and O–H groups in total. The highest BCUT2D eigenvalue weighted by Crippen LogP contribution is 2.32. The number of carbonyl (C=O) groups is 2. The Hall–Kier alpha value is -4.78. The molecule has 0 bridgehead atoms. The van der Waals surface area contributed by atoms with E-state index in [2.05, 4.69) is 15.0 Å². The molecule has 0 aliphatic carbocycles. The molecule has 5 rings (SSSR count). The smallest absolute Gasteiger partial charge is 0.335 e. The van der Waals surface area contributed by atoms with Crippen molar-refractivity contribution in [3.8, 4) is 22.8 Å².